The molecule has 0 aliphatic rings. The molecule has 1 atom stereocenters. The SMILES string of the molecule is CC(=O)C(C)OC(=O)n1c(SCc2ccc(C)cn2)nc2cscc21. The molecular formula is C17H17N3O3S2. The van der Waals surface area contributed by atoms with Crippen molar-refractivity contribution in [3.63, 3.8) is 0 Å². The summed E-state index contributed by atoms with van der Waals surface area (Å²) >= 11 is 2.87. The van der Waals surface area contributed by atoms with Gasteiger partial charge in [-0.05, 0) is 32.4 Å². The van der Waals surface area contributed by atoms with Crippen LogP contribution in [0.15, 0.2) is 34.2 Å². The molecule has 3 rings (SSSR count). The third-order valence-corrected chi connectivity index (χ3v) is 5.32. The van der Waals surface area contributed by atoms with Crippen LogP contribution in [0.1, 0.15) is 25.1 Å². The standard InChI is InChI=1S/C17H17N3O3S2/c1-10-4-5-13(18-6-10)7-25-16-19-14-8-24-9-15(14)20(16)17(22)23-12(3)11(2)21/h4-6,8-9,12H,7H2,1-3H3. The molecule has 25 heavy (non-hydrogen) atoms. The van der Waals surface area contributed by atoms with E-state index in [1.165, 1.54) is 34.6 Å². The molecule has 0 saturated carbocycles. The van der Waals surface area contributed by atoms with Gasteiger partial charge in [-0.1, -0.05) is 17.8 Å². The van der Waals surface area contributed by atoms with Crippen LogP contribution in [0.25, 0.3) is 11.0 Å². The number of aromatic nitrogens is 3. The van der Waals surface area contributed by atoms with E-state index in [2.05, 4.69) is 9.97 Å². The summed E-state index contributed by atoms with van der Waals surface area (Å²) in [6.07, 6.45) is 0.423. The van der Waals surface area contributed by atoms with Gasteiger partial charge in [0.15, 0.2) is 17.0 Å². The van der Waals surface area contributed by atoms with Crippen molar-refractivity contribution in [1.29, 1.82) is 0 Å². The Morgan fingerprint density at radius 1 is 1.36 bits per heavy atom. The molecule has 0 aliphatic carbocycles. The summed E-state index contributed by atoms with van der Waals surface area (Å²) in [6.45, 7) is 4.94. The summed E-state index contributed by atoms with van der Waals surface area (Å²) in [5, 5.41) is 4.25. The van der Waals surface area contributed by atoms with Crippen LogP contribution in [0.5, 0.6) is 0 Å². The van der Waals surface area contributed by atoms with E-state index >= 15 is 0 Å². The van der Waals surface area contributed by atoms with Crippen molar-refractivity contribution >= 4 is 46.0 Å². The summed E-state index contributed by atoms with van der Waals surface area (Å²) in [7, 11) is 0. The van der Waals surface area contributed by atoms with Gasteiger partial charge < -0.3 is 4.74 Å². The lowest BCUT2D eigenvalue weighted by Crippen LogP contribution is -2.25. The average molecular weight is 375 g/mol. The number of nitrogens with zero attached hydrogens (tertiary/aromatic N) is 3. The number of ether oxygens (including phenoxy) is 1. The van der Waals surface area contributed by atoms with Gasteiger partial charge in [-0.25, -0.2) is 14.3 Å². The van der Waals surface area contributed by atoms with E-state index in [0.29, 0.717) is 16.4 Å². The van der Waals surface area contributed by atoms with E-state index in [1.807, 2.05) is 36.0 Å². The predicted molar refractivity (Wildman–Crippen MR) is 98.2 cm³/mol. The minimum absolute atomic E-state index is 0.201. The van der Waals surface area contributed by atoms with Gasteiger partial charge in [0.05, 0.1) is 11.2 Å². The molecule has 0 spiro atoms. The highest BCUT2D eigenvalue weighted by molar-refractivity contribution is 7.98. The van der Waals surface area contributed by atoms with Gasteiger partial charge in [-0.15, -0.1) is 11.3 Å². The third-order valence-electron chi connectivity index (χ3n) is 3.62. The molecule has 6 nitrogen and oxygen atoms in total. The van der Waals surface area contributed by atoms with Gasteiger partial charge in [0.25, 0.3) is 0 Å². The van der Waals surface area contributed by atoms with Gasteiger partial charge in [0.1, 0.15) is 5.52 Å². The average Bonchev–Trinajstić information content (AvgIpc) is 3.14. The first-order valence-electron chi connectivity index (χ1n) is 7.66. The Balaban J connectivity index is 1.84. The second-order valence-electron chi connectivity index (χ2n) is 5.62. The van der Waals surface area contributed by atoms with Crippen molar-refractivity contribution in [3.8, 4) is 0 Å². The lowest BCUT2D eigenvalue weighted by Gasteiger charge is -2.12. The Kier molecular flexibility index (Phi) is 5.19. The zero-order chi connectivity index (χ0) is 18.0. The highest BCUT2D eigenvalue weighted by Gasteiger charge is 2.22. The van der Waals surface area contributed by atoms with Crippen molar-refractivity contribution in [3.05, 3.63) is 40.3 Å². The van der Waals surface area contributed by atoms with Crippen molar-refractivity contribution < 1.29 is 14.3 Å². The molecule has 0 aromatic carbocycles. The molecule has 0 radical (unpaired) electrons. The van der Waals surface area contributed by atoms with Crippen LogP contribution in [0.2, 0.25) is 0 Å². The number of thioether (sulfide) groups is 1. The van der Waals surface area contributed by atoms with E-state index in [1.54, 1.807) is 6.92 Å². The predicted octanol–water partition coefficient (Wildman–Crippen LogP) is 4.06. The van der Waals surface area contributed by atoms with Crippen molar-refractivity contribution in [1.82, 2.24) is 14.5 Å². The lowest BCUT2D eigenvalue weighted by atomic mass is 10.3. The molecule has 1 unspecified atom stereocenters. The van der Waals surface area contributed by atoms with Crippen LogP contribution in [0.3, 0.4) is 0 Å². The van der Waals surface area contributed by atoms with Crippen molar-refractivity contribution in [2.24, 2.45) is 0 Å². The van der Waals surface area contributed by atoms with E-state index in [4.69, 9.17) is 4.74 Å². The fourth-order valence-electron chi connectivity index (χ4n) is 2.07. The molecule has 0 amide bonds. The molecule has 0 fully saturated rings. The van der Waals surface area contributed by atoms with Crippen LogP contribution in [0, 0.1) is 6.92 Å². The van der Waals surface area contributed by atoms with Crippen molar-refractivity contribution in [2.75, 3.05) is 0 Å². The number of thiophene rings is 1. The Bertz CT molecular complexity index is 915. The second kappa shape index (κ2) is 7.37. The number of aryl methyl sites for hydroxylation is 1. The molecule has 3 aromatic heterocycles. The topological polar surface area (TPSA) is 74.1 Å². The van der Waals surface area contributed by atoms with Crippen LogP contribution in [-0.4, -0.2) is 32.5 Å². The number of carbonyl (C=O) groups excluding carboxylic acids is 2. The van der Waals surface area contributed by atoms with Gasteiger partial charge in [-0.3, -0.25) is 9.78 Å². The summed E-state index contributed by atoms with van der Waals surface area (Å²) in [5.74, 6) is 0.381. The molecule has 130 valence electrons. The van der Waals surface area contributed by atoms with Crippen LogP contribution < -0.4 is 0 Å². The fraction of sp³-hybridized carbons (Fsp3) is 0.294. The number of Topliss-reactive ketones (excluding diaryl/α,β-unsaturated/α-hetero) is 1. The molecule has 0 aliphatic heterocycles. The molecule has 0 N–H and O–H groups in total. The Morgan fingerprint density at radius 3 is 2.84 bits per heavy atom. The Labute approximate surface area is 153 Å². The minimum atomic E-state index is -0.791. The third kappa shape index (κ3) is 3.91. The number of carbonyl (C=O) groups is 2. The second-order valence-corrected chi connectivity index (χ2v) is 7.31. The molecule has 8 heteroatoms. The number of rotatable bonds is 5. The number of imidazole rings is 1. The maximum Gasteiger partial charge on any atom is 0.421 e. The van der Waals surface area contributed by atoms with Crippen LogP contribution in [-0.2, 0) is 15.3 Å². The number of hydrogen-bond acceptors (Lipinski definition) is 7. The summed E-state index contributed by atoms with van der Waals surface area (Å²) < 4.78 is 6.67. The van der Waals surface area contributed by atoms with Gasteiger partial charge in [-0.2, -0.15) is 0 Å². The zero-order valence-corrected chi connectivity index (χ0v) is 15.7. The van der Waals surface area contributed by atoms with E-state index < -0.39 is 12.2 Å². The van der Waals surface area contributed by atoms with Gasteiger partial charge in [0, 0.05) is 22.7 Å². The first-order valence-corrected chi connectivity index (χ1v) is 9.59. The lowest BCUT2D eigenvalue weighted by molar-refractivity contribution is -0.124. The zero-order valence-electron chi connectivity index (χ0n) is 14.1. The number of ketones is 1. The first-order chi connectivity index (χ1) is 12.0. The number of hydrogen-bond donors (Lipinski definition) is 0. The number of fused-ring (bicyclic) bond motifs is 1. The van der Waals surface area contributed by atoms with Gasteiger partial charge >= 0.3 is 6.09 Å². The van der Waals surface area contributed by atoms with Gasteiger partial charge in [0.2, 0.25) is 0 Å². The highest BCUT2D eigenvalue weighted by atomic mass is 32.2. The summed E-state index contributed by atoms with van der Waals surface area (Å²) in [4.78, 5) is 32.8. The normalized spacial score (nSPS) is 12.3. The minimum Gasteiger partial charge on any atom is -0.438 e. The fourth-order valence-corrected chi connectivity index (χ4v) is 3.71. The summed E-state index contributed by atoms with van der Waals surface area (Å²) in [5.41, 5.74) is 3.41. The maximum absolute atomic E-state index is 12.5. The smallest absolute Gasteiger partial charge is 0.421 e. The molecule has 3 aromatic rings. The molecule has 0 bridgehead atoms. The monoisotopic (exact) mass is 375 g/mol. The molecular weight excluding hydrogens is 358 g/mol. The molecule has 3 heterocycles. The largest absolute Gasteiger partial charge is 0.438 e. The van der Waals surface area contributed by atoms with E-state index in [9.17, 15) is 9.59 Å². The highest BCUT2D eigenvalue weighted by Crippen LogP contribution is 2.28. The van der Waals surface area contributed by atoms with E-state index in [-0.39, 0.29) is 5.78 Å². The quantitative estimate of drug-likeness (QED) is 0.626. The Hall–Kier alpha value is -2.19. The van der Waals surface area contributed by atoms with Crippen LogP contribution >= 0.6 is 23.1 Å². The number of pyridine rings is 1. The molecule has 0 saturated heterocycles. The Morgan fingerprint density at radius 2 is 2.16 bits per heavy atom. The maximum atomic E-state index is 12.5. The van der Waals surface area contributed by atoms with Crippen LogP contribution in [0.4, 0.5) is 4.79 Å². The van der Waals surface area contributed by atoms with Crippen molar-refractivity contribution in [2.45, 2.75) is 37.8 Å². The first kappa shape index (κ1) is 17.6. The summed E-state index contributed by atoms with van der Waals surface area (Å²) in [6, 6.07) is 3.95. The van der Waals surface area contributed by atoms with E-state index in [0.717, 1.165) is 16.8 Å².